The summed E-state index contributed by atoms with van der Waals surface area (Å²) in [4.78, 5) is 24.6. The van der Waals surface area contributed by atoms with Crippen LogP contribution in [0.4, 0.5) is 0 Å². The third kappa shape index (κ3) is 5.08. The summed E-state index contributed by atoms with van der Waals surface area (Å²) in [6.07, 6.45) is 4.66. The number of hydrogen-bond donors (Lipinski definition) is 1. The van der Waals surface area contributed by atoms with Crippen molar-refractivity contribution in [3.8, 4) is 11.5 Å². The first-order chi connectivity index (χ1) is 14.0. The topological polar surface area (TPSA) is 73.9 Å². The van der Waals surface area contributed by atoms with E-state index in [4.69, 9.17) is 14.2 Å². The van der Waals surface area contributed by atoms with Crippen LogP contribution in [0.2, 0.25) is 0 Å². The molecule has 1 aliphatic carbocycles. The highest BCUT2D eigenvalue weighted by Gasteiger charge is 2.18. The summed E-state index contributed by atoms with van der Waals surface area (Å²) < 4.78 is 15.5. The number of ether oxygens (including phenoxy) is 3. The van der Waals surface area contributed by atoms with Crippen LogP contribution in [-0.4, -0.2) is 32.7 Å². The molecule has 29 heavy (non-hydrogen) atoms. The quantitative estimate of drug-likeness (QED) is 0.723. The molecule has 0 heterocycles. The monoisotopic (exact) mass is 397 g/mol. The van der Waals surface area contributed by atoms with E-state index in [0.717, 1.165) is 18.4 Å². The van der Waals surface area contributed by atoms with E-state index in [9.17, 15) is 9.59 Å². The predicted octanol–water partition coefficient (Wildman–Crippen LogP) is 3.62. The van der Waals surface area contributed by atoms with Crippen LogP contribution in [0.1, 0.15) is 52.9 Å². The van der Waals surface area contributed by atoms with Crippen molar-refractivity contribution in [1.29, 1.82) is 0 Å². The van der Waals surface area contributed by atoms with Crippen LogP contribution >= 0.6 is 0 Å². The first-order valence-electron chi connectivity index (χ1n) is 9.82. The number of amides is 1. The molecule has 0 aliphatic heterocycles. The van der Waals surface area contributed by atoms with Crippen LogP contribution in [-0.2, 0) is 22.4 Å². The summed E-state index contributed by atoms with van der Waals surface area (Å²) in [6.45, 7) is 1.57. The van der Waals surface area contributed by atoms with Gasteiger partial charge in [-0.2, -0.15) is 0 Å². The molecule has 3 rings (SSSR count). The minimum absolute atomic E-state index is 0.163. The van der Waals surface area contributed by atoms with Crippen molar-refractivity contribution < 1.29 is 23.8 Å². The molecule has 0 saturated heterocycles. The van der Waals surface area contributed by atoms with Gasteiger partial charge in [0.15, 0.2) is 6.61 Å². The lowest BCUT2D eigenvalue weighted by molar-refractivity contribution is -0.124. The highest BCUT2D eigenvalue weighted by atomic mass is 16.5. The molecular weight excluding hydrogens is 370 g/mol. The lowest BCUT2D eigenvalue weighted by Gasteiger charge is -2.20. The Labute approximate surface area is 171 Å². The molecule has 0 radical (unpaired) electrons. The number of hydrogen-bond acceptors (Lipinski definition) is 5. The molecule has 154 valence electrons. The van der Waals surface area contributed by atoms with Gasteiger partial charge in [0.2, 0.25) is 0 Å². The zero-order chi connectivity index (χ0) is 20.8. The summed E-state index contributed by atoms with van der Waals surface area (Å²) >= 11 is 0. The van der Waals surface area contributed by atoms with Crippen LogP contribution in [0, 0.1) is 0 Å². The van der Waals surface area contributed by atoms with Crippen molar-refractivity contribution in [1.82, 2.24) is 5.32 Å². The Kier molecular flexibility index (Phi) is 6.75. The van der Waals surface area contributed by atoms with Gasteiger partial charge in [0.25, 0.3) is 5.91 Å². The Bertz CT molecular complexity index is 893. The molecule has 6 heteroatoms. The number of methoxy groups -OCH3 is 2. The highest BCUT2D eigenvalue weighted by Crippen LogP contribution is 2.26. The molecule has 1 N–H and O–H groups in total. The second kappa shape index (κ2) is 9.45. The molecule has 0 aromatic heterocycles. The van der Waals surface area contributed by atoms with E-state index in [0.29, 0.717) is 11.5 Å². The lowest BCUT2D eigenvalue weighted by Crippen LogP contribution is -2.31. The number of esters is 1. The summed E-state index contributed by atoms with van der Waals surface area (Å²) in [6, 6.07) is 11.0. The Morgan fingerprint density at radius 1 is 1.00 bits per heavy atom. The fourth-order valence-electron chi connectivity index (χ4n) is 3.57. The van der Waals surface area contributed by atoms with Gasteiger partial charge >= 0.3 is 5.97 Å². The van der Waals surface area contributed by atoms with Crippen molar-refractivity contribution in [3.05, 3.63) is 58.7 Å². The van der Waals surface area contributed by atoms with E-state index in [2.05, 4.69) is 23.5 Å². The fourth-order valence-corrected chi connectivity index (χ4v) is 3.57. The number of carbonyl (C=O) groups is 2. The largest absolute Gasteiger partial charge is 0.497 e. The van der Waals surface area contributed by atoms with Gasteiger partial charge < -0.3 is 19.5 Å². The van der Waals surface area contributed by atoms with Gasteiger partial charge in [0.05, 0.1) is 20.3 Å². The predicted molar refractivity (Wildman–Crippen MR) is 109 cm³/mol. The Balaban J connectivity index is 1.56. The number of rotatable bonds is 7. The smallest absolute Gasteiger partial charge is 0.342 e. The highest BCUT2D eigenvalue weighted by molar-refractivity contribution is 5.94. The van der Waals surface area contributed by atoms with Gasteiger partial charge in [-0.1, -0.05) is 18.2 Å². The van der Waals surface area contributed by atoms with Gasteiger partial charge in [-0.3, -0.25) is 4.79 Å². The number of carbonyl (C=O) groups excluding carboxylic acids is 2. The van der Waals surface area contributed by atoms with E-state index in [1.165, 1.54) is 38.2 Å². The standard InChI is InChI=1S/C23H27NO5/c1-15(17-9-8-16-6-4-5-7-18(16)12-17)24-22(25)14-29-23(26)20-11-10-19(27-2)13-21(20)28-3/h8-13,15H,4-7,14H2,1-3H3,(H,24,25)/t15-/m1/s1. The fraction of sp³-hybridized carbons (Fsp3) is 0.391. The number of benzene rings is 2. The van der Waals surface area contributed by atoms with Gasteiger partial charge in [-0.25, -0.2) is 4.79 Å². The Hall–Kier alpha value is -3.02. The molecule has 0 fully saturated rings. The van der Waals surface area contributed by atoms with Gasteiger partial charge in [-0.15, -0.1) is 0 Å². The third-order valence-corrected chi connectivity index (χ3v) is 5.21. The first kappa shape index (κ1) is 20.7. The number of fused-ring (bicyclic) bond motifs is 1. The average molecular weight is 397 g/mol. The zero-order valence-corrected chi connectivity index (χ0v) is 17.1. The van der Waals surface area contributed by atoms with Crippen molar-refractivity contribution in [2.45, 2.75) is 38.6 Å². The molecule has 1 amide bonds. The normalized spacial score (nSPS) is 13.8. The van der Waals surface area contributed by atoms with Gasteiger partial charge in [0, 0.05) is 6.07 Å². The maximum atomic E-state index is 12.3. The van der Waals surface area contributed by atoms with Crippen LogP contribution < -0.4 is 14.8 Å². The molecule has 1 aliphatic rings. The van der Waals surface area contributed by atoms with E-state index in [1.807, 2.05) is 6.92 Å². The summed E-state index contributed by atoms with van der Waals surface area (Å²) in [5.74, 6) is -0.0793. The third-order valence-electron chi connectivity index (χ3n) is 5.21. The molecule has 2 aromatic rings. The SMILES string of the molecule is COc1ccc(C(=O)OCC(=O)N[C@H](C)c2ccc3c(c2)CCCC3)c(OC)c1. The van der Waals surface area contributed by atoms with Crippen molar-refractivity contribution in [3.63, 3.8) is 0 Å². The average Bonchev–Trinajstić information content (AvgIpc) is 2.76. The van der Waals surface area contributed by atoms with E-state index in [-0.39, 0.29) is 24.1 Å². The molecule has 0 unspecified atom stereocenters. The molecular formula is C23H27NO5. The summed E-state index contributed by atoms with van der Waals surface area (Å²) in [7, 11) is 2.99. The van der Waals surface area contributed by atoms with Crippen molar-refractivity contribution >= 4 is 11.9 Å². The first-order valence-corrected chi connectivity index (χ1v) is 9.82. The van der Waals surface area contributed by atoms with Crippen LogP contribution in [0.25, 0.3) is 0 Å². The second-order valence-electron chi connectivity index (χ2n) is 7.17. The number of nitrogens with one attached hydrogen (secondary N) is 1. The van der Waals surface area contributed by atoms with E-state index < -0.39 is 5.97 Å². The lowest BCUT2D eigenvalue weighted by atomic mass is 9.89. The van der Waals surface area contributed by atoms with Gasteiger partial charge in [-0.05, 0) is 61.4 Å². The van der Waals surface area contributed by atoms with Crippen molar-refractivity contribution in [2.24, 2.45) is 0 Å². The minimum atomic E-state index is -0.624. The Morgan fingerprint density at radius 3 is 2.48 bits per heavy atom. The molecule has 1 atom stereocenters. The van der Waals surface area contributed by atoms with Crippen LogP contribution in [0.15, 0.2) is 36.4 Å². The van der Waals surface area contributed by atoms with Gasteiger partial charge in [0.1, 0.15) is 17.1 Å². The molecule has 0 spiro atoms. The van der Waals surface area contributed by atoms with Crippen LogP contribution in [0.3, 0.4) is 0 Å². The minimum Gasteiger partial charge on any atom is -0.497 e. The van der Waals surface area contributed by atoms with Crippen molar-refractivity contribution in [2.75, 3.05) is 20.8 Å². The molecule has 0 bridgehead atoms. The second-order valence-corrected chi connectivity index (χ2v) is 7.17. The maximum absolute atomic E-state index is 12.3. The molecule has 2 aromatic carbocycles. The molecule has 6 nitrogen and oxygen atoms in total. The summed E-state index contributed by atoms with van der Waals surface area (Å²) in [5.41, 5.74) is 4.07. The zero-order valence-electron chi connectivity index (χ0n) is 17.1. The molecule has 0 saturated carbocycles. The maximum Gasteiger partial charge on any atom is 0.342 e. The number of aryl methyl sites for hydroxylation is 2. The van der Waals surface area contributed by atoms with Crippen LogP contribution in [0.5, 0.6) is 11.5 Å². The van der Waals surface area contributed by atoms with E-state index in [1.54, 1.807) is 18.2 Å². The summed E-state index contributed by atoms with van der Waals surface area (Å²) in [5, 5.41) is 2.89. The van der Waals surface area contributed by atoms with E-state index >= 15 is 0 Å². The Morgan fingerprint density at radius 2 is 1.76 bits per heavy atom.